The van der Waals surface area contributed by atoms with Crippen LogP contribution >= 0.6 is 0 Å². The van der Waals surface area contributed by atoms with E-state index in [0.29, 0.717) is 0 Å². The topological polar surface area (TPSA) is 21.3 Å². The normalized spacial score (nSPS) is 12.3. The van der Waals surface area contributed by atoms with Crippen LogP contribution < -0.4 is 10.1 Å². The minimum Gasteiger partial charge on any atom is -0.433 e. The highest BCUT2D eigenvalue weighted by Crippen LogP contribution is 2.30. The van der Waals surface area contributed by atoms with Gasteiger partial charge in [-0.1, -0.05) is 12.1 Å². The average molecular weight is 299 g/mol. The van der Waals surface area contributed by atoms with Gasteiger partial charge in [0.15, 0.2) is 0 Å². The fourth-order valence-corrected chi connectivity index (χ4v) is 1.94. The number of rotatable bonds is 5. The molecule has 0 saturated carbocycles. The fourth-order valence-electron chi connectivity index (χ4n) is 1.94. The lowest BCUT2D eigenvalue weighted by molar-refractivity contribution is -0.0493. The van der Waals surface area contributed by atoms with E-state index in [0.717, 1.165) is 18.2 Å². The number of halogens is 4. The van der Waals surface area contributed by atoms with Crippen LogP contribution in [0.2, 0.25) is 0 Å². The zero-order valence-corrected chi connectivity index (χ0v) is 11.1. The third-order valence-corrected chi connectivity index (χ3v) is 2.90. The van der Waals surface area contributed by atoms with Gasteiger partial charge < -0.3 is 10.1 Å². The van der Waals surface area contributed by atoms with E-state index in [4.69, 9.17) is 0 Å². The van der Waals surface area contributed by atoms with Crippen LogP contribution in [0, 0.1) is 11.6 Å². The van der Waals surface area contributed by atoms with E-state index in [1.807, 2.05) is 0 Å². The van der Waals surface area contributed by atoms with E-state index < -0.39 is 24.3 Å². The molecule has 2 aromatic carbocycles. The Bertz CT molecular complexity index is 618. The molecule has 0 aromatic heterocycles. The van der Waals surface area contributed by atoms with Crippen molar-refractivity contribution in [2.75, 3.05) is 5.32 Å². The van der Waals surface area contributed by atoms with Gasteiger partial charge >= 0.3 is 6.61 Å². The Kier molecular flexibility index (Phi) is 4.67. The minimum absolute atomic E-state index is 0.0591. The Morgan fingerprint density at radius 1 is 1.05 bits per heavy atom. The molecule has 0 spiro atoms. The smallest absolute Gasteiger partial charge is 0.387 e. The molecule has 0 amide bonds. The van der Waals surface area contributed by atoms with E-state index in [9.17, 15) is 17.6 Å². The number of para-hydroxylation sites is 2. The Morgan fingerprint density at radius 3 is 2.48 bits per heavy atom. The van der Waals surface area contributed by atoms with Crippen molar-refractivity contribution in [2.24, 2.45) is 0 Å². The van der Waals surface area contributed by atoms with Gasteiger partial charge in [-0.15, -0.1) is 0 Å². The first kappa shape index (κ1) is 15.2. The van der Waals surface area contributed by atoms with Crippen LogP contribution in [0.3, 0.4) is 0 Å². The van der Waals surface area contributed by atoms with Crippen LogP contribution in [0.4, 0.5) is 23.2 Å². The first-order chi connectivity index (χ1) is 9.97. The third-order valence-electron chi connectivity index (χ3n) is 2.90. The first-order valence-electron chi connectivity index (χ1n) is 6.22. The van der Waals surface area contributed by atoms with E-state index >= 15 is 0 Å². The van der Waals surface area contributed by atoms with Gasteiger partial charge in [-0.2, -0.15) is 8.78 Å². The van der Waals surface area contributed by atoms with Crippen molar-refractivity contribution in [3.8, 4) is 5.75 Å². The lowest BCUT2D eigenvalue weighted by Gasteiger charge is -2.19. The van der Waals surface area contributed by atoms with Crippen molar-refractivity contribution in [1.82, 2.24) is 0 Å². The van der Waals surface area contributed by atoms with Crippen LogP contribution in [0.1, 0.15) is 18.5 Å². The summed E-state index contributed by atoms with van der Waals surface area (Å²) in [5, 5.41) is 2.84. The summed E-state index contributed by atoms with van der Waals surface area (Å²) in [5.74, 6) is -1.21. The van der Waals surface area contributed by atoms with Crippen molar-refractivity contribution in [3.05, 3.63) is 59.7 Å². The second kappa shape index (κ2) is 6.47. The predicted molar refractivity (Wildman–Crippen MR) is 71.5 cm³/mol. The second-order valence-corrected chi connectivity index (χ2v) is 4.41. The molecule has 2 rings (SSSR count). The van der Waals surface area contributed by atoms with Crippen LogP contribution in [-0.4, -0.2) is 6.61 Å². The maximum atomic E-state index is 13.7. The summed E-state index contributed by atoms with van der Waals surface area (Å²) in [5.41, 5.74) is 0.371. The van der Waals surface area contributed by atoms with Gasteiger partial charge in [0, 0.05) is 5.56 Å². The lowest BCUT2D eigenvalue weighted by atomic mass is 10.1. The molecule has 2 aromatic rings. The number of nitrogens with one attached hydrogen (secondary N) is 1. The summed E-state index contributed by atoms with van der Waals surface area (Å²) in [6.45, 7) is -1.37. The van der Waals surface area contributed by atoms with Crippen LogP contribution in [0.5, 0.6) is 5.75 Å². The highest BCUT2D eigenvalue weighted by atomic mass is 19.3. The molecule has 112 valence electrons. The molecular weight excluding hydrogens is 286 g/mol. The molecule has 0 fully saturated rings. The standard InChI is InChI=1S/C15H13F4NO/c1-9(11-8-10(16)6-7-12(11)17)20-13-4-2-3-5-14(13)21-15(18)19/h2-9,15,20H,1H3. The maximum absolute atomic E-state index is 13.7. The largest absolute Gasteiger partial charge is 0.433 e. The number of benzene rings is 2. The van der Waals surface area contributed by atoms with Crippen LogP contribution in [0.25, 0.3) is 0 Å². The number of ether oxygens (including phenoxy) is 1. The highest BCUT2D eigenvalue weighted by molar-refractivity contribution is 5.57. The molecule has 0 aliphatic rings. The third kappa shape index (κ3) is 3.87. The second-order valence-electron chi connectivity index (χ2n) is 4.41. The SMILES string of the molecule is CC(Nc1ccccc1OC(F)F)c1cc(F)ccc1F. The molecule has 0 aliphatic heterocycles. The number of hydrogen-bond acceptors (Lipinski definition) is 2. The molecule has 2 nitrogen and oxygen atoms in total. The van der Waals surface area contributed by atoms with E-state index in [2.05, 4.69) is 10.1 Å². The van der Waals surface area contributed by atoms with Gasteiger partial charge in [0.1, 0.15) is 17.4 Å². The monoisotopic (exact) mass is 299 g/mol. The van der Waals surface area contributed by atoms with E-state index in [1.165, 1.54) is 18.2 Å². The highest BCUT2D eigenvalue weighted by Gasteiger charge is 2.15. The Labute approximate surface area is 119 Å². The fraction of sp³-hybridized carbons (Fsp3) is 0.200. The van der Waals surface area contributed by atoms with Gasteiger partial charge in [-0.25, -0.2) is 8.78 Å². The first-order valence-corrected chi connectivity index (χ1v) is 6.22. The average Bonchev–Trinajstić information content (AvgIpc) is 2.43. The van der Waals surface area contributed by atoms with Crippen molar-refractivity contribution in [2.45, 2.75) is 19.6 Å². The summed E-state index contributed by atoms with van der Waals surface area (Å²) in [6.07, 6.45) is 0. The van der Waals surface area contributed by atoms with E-state index in [1.54, 1.807) is 13.0 Å². The molecular formula is C15H13F4NO. The van der Waals surface area contributed by atoms with Gasteiger partial charge in [0.05, 0.1) is 11.7 Å². The van der Waals surface area contributed by atoms with Gasteiger partial charge in [0.2, 0.25) is 0 Å². The molecule has 1 atom stereocenters. The van der Waals surface area contributed by atoms with Crippen molar-refractivity contribution >= 4 is 5.69 Å². The Morgan fingerprint density at radius 2 is 1.76 bits per heavy atom. The Hall–Kier alpha value is -2.24. The molecule has 21 heavy (non-hydrogen) atoms. The quantitative estimate of drug-likeness (QED) is 0.805. The predicted octanol–water partition coefficient (Wildman–Crippen LogP) is 4.74. The van der Waals surface area contributed by atoms with Gasteiger partial charge in [0.25, 0.3) is 0 Å². The van der Waals surface area contributed by atoms with Gasteiger partial charge in [-0.05, 0) is 37.3 Å². The lowest BCUT2D eigenvalue weighted by Crippen LogP contribution is -2.11. The molecule has 0 saturated heterocycles. The Balaban J connectivity index is 2.23. The van der Waals surface area contributed by atoms with Crippen molar-refractivity contribution in [1.29, 1.82) is 0 Å². The zero-order valence-electron chi connectivity index (χ0n) is 11.1. The molecule has 0 aliphatic carbocycles. The summed E-state index contributed by atoms with van der Waals surface area (Å²) in [4.78, 5) is 0. The molecule has 1 unspecified atom stereocenters. The van der Waals surface area contributed by atoms with Crippen LogP contribution in [0.15, 0.2) is 42.5 Å². The number of hydrogen-bond donors (Lipinski definition) is 1. The molecule has 1 N–H and O–H groups in total. The summed E-state index contributed by atoms with van der Waals surface area (Å²) in [6, 6.07) is 8.51. The molecule has 0 heterocycles. The minimum atomic E-state index is -2.96. The molecule has 0 bridgehead atoms. The zero-order chi connectivity index (χ0) is 15.4. The van der Waals surface area contributed by atoms with Crippen molar-refractivity contribution < 1.29 is 22.3 Å². The summed E-state index contributed by atoms with van der Waals surface area (Å²) in [7, 11) is 0. The summed E-state index contributed by atoms with van der Waals surface area (Å²) >= 11 is 0. The number of anilines is 1. The van der Waals surface area contributed by atoms with Crippen molar-refractivity contribution in [3.63, 3.8) is 0 Å². The maximum Gasteiger partial charge on any atom is 0.387 e. The van der Waals surface area contributed by atoms with E-state index in [-0.39, 0.29) is 17.0 Å². The van der Waals surface area contributed by atoms with Gasteiger partial charge in [-0.3, -0.25) is 0 Å². The summed E-state index contributed by atoms with van der Waals surface area (Å²) < 4.78 is 55.9. The number of alkyl halides is 2. The van der Waals surface area contributed by atoms with Crippen LogP contribution in [-0.2, 0) is 0 Å². The molecule has 0 radical (unpaired) electrons. The molecule has 6 heteroatoms.